The average Bonchev–Trinajstić information content (AvgIpc) is 2.49. The van der Waals surface area contributed by atoms with Gasteiger partial charge in [-0.15, -0.1) is 0 Å². The third-order valence-electron chi connectivity index (χ3n) is 3.61. The van der Waals surface area contributed by atoms with Crippen LogP contribution in [-0.4, -0.2) is 0 Å². The predicted molar refractivity (Wildman–Crippen MR) is 81.1 cm³/mol. The lowest BCUT2D eigenvalue weighted by atomic mass is 9.98. The summed E-state index contributed by atoms with van der Waals surface area (Å²) in [4.78, 5) is 0. The lowest BCUT2D eigenvalue weighted by molar-refractivity contribution is 0.465. The van der Waals surface area contributed by atoms with Crippen molar-refractivity contribution in [3.63, 3.8) is 0 Å². The number of ether oxygens (including phenoxy) is 1. The Hall–Kier alpha value is -2.27. The fraction of sp³-hybridized carbons (Fsp3) is 0.278. The smallest absolute Gasteiger partial charge is 0.148 e. The van der Waals surface area contributed by atoms with Gasteiger partial charge in [0.15, 0.2) is 0 Å². The van der Waals surface area contributed by atoms with E-state index in [1.54, 1.807) is 6.07 Å². The van der Waals surface area contributed by atoms with Crippen LogP contribution in [-0.2, 0) is 0 Å². The van der Waals surface area contributed by atoms with Gasteiger partial charge in [0.2, 0.25) is 0 Å². The zero-order valence-corrected chi connectivity index (χ0v) is 12.2. The molecule has 0 aliphatic carbocycles. The fourth-order valence-corrected chi connectivity index (χ4v) is 2.19. The maximum Gasteiger partial charge on any atom is 0.148 e. The van der Waals surface area contributed by atoms with E-state index < -0.39 is 0 Å². The minimum absolute atomic E-state index is 0.431. The molecule has 1 atom stereocenters. The van der Waals surface area contributed by atoms with Crippen molar-refractivity contribution in [2.24, 2.45) is 0 Å². The summed E-state index contributed by atoms with van der Waals surface area (Å²) in [7, 11) is 0. The normalized spacial score (nSPS) is 11.7. The second-order valence-corrected chi connectivity index (χ2v) is 5.01. The summed E-state index contributed by atoms with van der Waals surface area (Å²) < 4.78 is 6.06. The summed E-state index contributed by atoms with van der Waals surface area (Å²) in [5.74, 6) is 1.93. The second-order valence-electron chi connectivity index (χ2n) is 5.01. The standard InChI is InChI=1S/C18H19NO/c1-4-13(2)16-10-5-6-11-17(16)20-18-14(3)8-7-9-15(18)12-19/h5-11,13H,4H2,1-3H3. The Morgan fingerprint density at radius 3 is 2.60 bits per heavy atom. The molecule has 0 amide bonds. The Morgan fingerprint density at radius 2 is 1.90 bits per heavy atom. The topological polar surface area (TPSA) is 33.0 Å². The summed E-state index contributed by atoms with van der Waals surface area (Å²) in [5.41, 5.74) is 2.73. The molecule has 0 aliphatic rings. The monoisotopic (exact) mass is 265 g/mol. The molecule has 2 heteroatoms. The molecule has 20 heavy (non-hydrogen) atoms. The van der Waals surface area contributed by atoms with E-state index in [2.05, 4.69) is 26.0 Å². The quantitative estimate of drug-likeness (QED) is 0.763. The molecule has 0 spiro atoms. The van der Waals surface area contributed by atoms with Crippen molar-refractivity contribution in [2.45, 2.75) is 33.1 Å². The molecule has 0 saturated heterocycles. The first-order valence-electron chi connectivity index (χ1n) is 6.93. The highest BCUT2D eigenvalue weighted by Gasteiger charge is 2.13. The minimum atomic E-state index is 0.431. The van der Waals surface area contributed by atoms with E-state index in [-0.39, 0.29) is 0 Å². The van der Waals surface area contributed by atoms with Crippen LogP contribution in [0.5, 0.6) is 11.5 Å². The molecule has 2 aromatic rings. The number of nitrogens with zero attached hydrogens (tertiary/aromatic N) is 1. The maximum atomic E-state index is 9.22. The highest BCUT2D eigenvalue weighted by Crippen LogP contribution is 2.34. The van der Waals surface area contributed by atoms with Crippen molar-refractivity contribution in [3.05, 3.63) is 59.2 Å². The predicted octanol–water partition coefficient (Wildman–Crippen LogP) is 5.17. The van der Waals surface area contributed by atoms with E-state index in [0.29, 0.717) is 17.2 Å². The summed E-state index contributed by atoms with van der Waals surface area (Å²) >= 11 is 0. The zero-order chi connectivity index (χ0) is 14.5. The van der Waals surface area contributed by atoms with Gasteiger partial charge in [0, 0.05) is 0 Å². The SMILES string of the molecule is CCC(C)c1ccccc1Oc1c(C)cccc1C#N. The Kier molecular flexibility index (Phi) is 4.42. The molecule has 102 valence electrons. The Labute approximate surface area is 120 Å². The van der Waals surface area contributed by atoms with Crippen LogP contribution in [0.1, 0.15) is 42.9 Å². The molecule has 0 bridgehead atoms. The van der Waals surface area contributed by atoms with E-state index in [9.17, 15) is 5.26 Å². The van der Waals surface area contributed by atoms with E-state index in [1.165, 1.54) is 5.56 Å². The largest absolute Gasteiger partial charge is 0.455 e. The average molecular weight is 265 g/mol. The summed E-state index contributed by atoms with van der Waals surface area (Å²) in [6, 6.07) is 15.9. The number of rotatable bonds is 4. The molecule has 2 nitrogen and oxygen atoms in total. The van der Waals surface area contributed by atoms with Crippen LogP contribution in [0, 0.1) is 18.3 Å². The number of benzene rings is 2. The van der Waals surface area contributed by atoms with Crippen molar-refractivity contribution in [2.75, 3.05) is 0 Å². The number of hydrogen-bond acceptors (Lipinski definition) is 2. The third kappa shape index (κ3) is 2.83. The molecule has 2 rings (SSSR count). The van der Waals surface area contributed by atoms with Gasteiger partial charge in [-0.2, -0.15) is 5.26 Å². The Morgan fingerprint density at radius 1 is 1.15 bits per heavy atom. The maximum absolute atomic E-state index is 9.22. The molecule has 0 aliphatic heterocycles. The van der Waals surface area contributed by atoms with Gasteiger partial charge >= 0.3 is 0 Å². The summed E-state index contributed by atoms with van der Waals surface area (Å²) in [6.45, 7) is 6.31. The fourth-order valence-electron chi connectivity index (χ4n) is 2.19. The van der Waals surface area contributed by atoms with Crippen LogP contribution < -0.4 is 4.74 Å². The molecule has 0 aromatic heterocycles. The number of hydrogen-bond donors (Lipinski definition) is 0. The van der Waals surface area contributed by atoms with Gasteiger partial charge in [0.05, 0.1) is 5.56 Å². The number of aryl methyl sites for hydroxylation is 1. The third-order valence-corrected chi connectivity index (χ3v) is 3.61. The van der Waals surface area contributed by atoms with Crippen molar-refractivity contribution < 1.29 is 4.74 Å². The number of nitriles is 1. The molecular formula is C18H19NO. The summed E-state index contributed by atoms with van der Waals surface area (Å²) in [6.07, 6.45) is 1.05. The summed E-state index contributed by atoms with van der Waals surface area (Å²) in [5, 5.41) is 9.22. The molecule has 1 unspecified atom stereocenters. The van der Waals surface area contributed by atoms with E-state index in [1.807, 2.05) is 37.3 Å². The molecule has 0 fully saturated rings. The first-order valence-corrected chi connectivity index (χ1v) is 6.93. The molecule has 0 saturated carbocycles. The van der Waals surface area contributed by atoms with E-state index in [0.717, 1.165) is 17.7 Å². The van der Waals surface area contributed by atoms with Crippen LogP contribution in [0.4, 0.5) is 0 Å². The van der Waals surface area contributed by atoms with Crippen LogP contribution in [0.2, 0.25) is 0 Å². The lowest BCUT2D eigenvalue weighted by Gasteiger charge is -2.17. The molecule has 0 N–H and O–H groups in total. The second kappa shape index (κ2) is 6.25. The van der Waals surface area contributed by atoms with Crippen molar-refractivity contribution in [1.82, 2.24) is 0 Å². The van der Waals surface area contributed by atoms with Crippen LogP contribution in [0.15, 0.2) is 42.5 Å². The van der Waals surface area contributed by atoms with Gasteiger partial charge in [0.25, 0.3) is 0 Å². The van der Waals surface area contributed by atoms with Crippen LogP contribution in [0.25, 0.3) is 0 Å². The lowest BCUT2D eigenvalue weighted by Crippen LogP contribution is -1.98. The molecule has 0 heterocycles. The van der Waals surface area contributed by atoms with Gasteiger partial charge in [-0.05, 0) is 42.5 Å². The van der Waals surface area contributed by atoms with Gasteiger partial charge in [0.1, 0.15) is 17.6 Å². The van der Waals surface area contributed by atoms with Crippen LogP contribution >= 0.6 is 0 Å². The van der Waals surface area contributed by atoms with E-state index in [4.69, 9.17) is 4.74 Å². The zero-order valence-electron chi connectivity index (χ0n) is 12.2. The van der Waals surface area contributed by atoms with E-state index >= 15 is 0 Å². The van der Waals surface area contributed by atoms with Gasteiger partial charge < -0.3 is 4.74 Å². The Bertz CT molecular complexity index is 640. The molecular weight excluding hydrogens is 246 g/mol. The van der Waals surface area contributed by atoms with Crippen LogP contribution in [0.3, 0.4) is 0 Å². The van der Waals surface area contributed by atoms with Crippen molar-refractivity contribution >= 4 is 0 Å². The Balaban J connectivity index is 2.44. The highest BCUT2D eigenvalue weighted by atomic mass is 16.5. The van der Waals surface area contributed by atoms with Crippen molar-refractivity contribution in [3.8, 4) is 17.6 Å². The van der Waals surface area contributed by atoms with Gasteiger partial charge in [-0.3, -0.25) is 0 Å². The first-order chi connectivity index (χ1) is 9.67. The van der Waals surface area contributed by atoms with Gasteiger partial charge in [-0.1, -0.05) is 44.2 Å². The molecule has 0 radical (unpaired) electrons. The highest BCUT2D eigenvalue weighted by molar-refractivity contribution is 5.51. The molecule has 2 aromatic carbocycles. The minimum Gasteiger partial charge on any atom is -0.455 e. The number of para-hydroxylation sites is 2. The van der Waals surface area contributed by atoms with Crippen molar-refractivity contribution in [1.29, 1.82) is 5.26 Å². The van der Waals surface area contributed by atoms with Gasteiger partial charge in [-0.25, -0.2) is 0 Å². The first kappa shape index (κ1) is 14.1.